The fraction of sp³-hybridized carbons (Fsp3) is 0.0714. The van der Waals surface area contributed by atoms with Gasteiger partial charge in [0.25, 0.3) is 0 Å². The lowest BCUT2D eigenvalue weighted by Gasteiger charge is -2.04. The predicted molar refractivity (Wildman–Crippen MR) is 80.2 cm³/mol. The molecule has 0 amide bonds. The Morgan fingerprint density at radius 2 is 1.95 bits per heavy atom. The molecule has 0 N–H and O–H groups in total. The van der Waals surface area contributed by atoms with Gasteiger partial charge < -0.3 is 4.40 Å². The van der Waals surface area contributed by atoms with Crippen LogP contribution in [0.25, 0.3) is 16.9 Å². The molecule has 0 unspecified atom stereocenters. The summed E-state index contributed by atoms with van der Waals surface area (Å²) in [7, 11) is 0. The highest BCUT2D eigenvalue weighted by Crippen LogP contribution is 2.33. The van der Waals surface area contributed by atoms with Crippen molar-refractivity contribution in [2.24, 2.45) is 0 Å². The van der Waals surface area contributed by atoms with Gasteiger partial charge in [-0.15, -0.1) is 11.6 Å². The second-order valence-corrected chi connectivity index (χ2v) is 5.20. The molecule has 0 atom stereocenters. The average Bonchev–Trinajstić information content (AvgIpc) is 2.76. The van der Waals surface area contributed by atoms with E-state index in [-0.39, 0.29) is 0 Å². The third-order valence-electron chi connectivity index (χ3n) is 2.94. The second kappa shape index (κ2) is 5.04. The van der Waals surface area contributed by atoms with Crippen molar-refractivity contribution in [1.29, 1.82) is 0 Å². The van der Waals surface area contributed by atoms with Crippen molar-refractivity contribution >= 4 is 40.4 Å². The normalized spacial score (nSPS) is 11.1. The summed E-state index contributed by atoms with van der Waals surface area (Å²) in [6.07, 6.45) is 1.94. The minimum atomic E-state index is 0.361. The predicted octanol–water partition coefficient (Wildman–Crippen LogP) is 5.05. The number of halogens is 3. The summed E-state index contributed by atoms with van der Waals surface area (Å²) >= 11 is 18.2. The van der Waals surface area contributed by atoms with Crippen LogP contribution in [0.5, 0.6) is 0 Å². The van der Waals surface area contributed by atoms with E-state index in [1.165, 1.54) is 0 Å². The largest absolute Gasteiger partial charge is 0.302 e. The first-order valence-corrected chi connectivity index (χ1v) is 6.97. The fourth-order valence-electron chi connectivity index (χ4n) is 2.07. The second-order valence-electron chi connectivity index (χ2n) is 4.09. The van der Waals surface area contributed by atoms with Crippen LogP contribution in [-0.4, -0.2) is 9.38 Å². The standard InChI is InChI=1S/C14H9Cl3N2/c15-8-12-14(10-5-4-9(16)7-11(10)17)18-13-3-1-2-6-19(12)13/h1-7H,8H2. The number of hydrogen-bond acceptors (Lipinski definition) is 1. The molecule has 0 aliphatic heterocycles. The van der Waals surface area contributed by atoms with E-state index in [9.17, 15) is 0 Å². The summed E-state index contributed by atoms with van der Waals surface area (Å²) in [5, 5.41) is 1.17. The van der Waals surface area contributed by atoms with E-state index in [1.807, 2.05) is 34.9 Å². The van der Waals surface area contributed by atoms with Crippen molar-refractivity contribution in [2.75, 3.05) is 0 Å². The number of imidazole rings is 1. The van der Waals surface area contributed by atoms with Gasteiger partial charge in [0, 0.05) is 16.8 Å². The van der Waals surface area contributed by atoms with Crippen LogP contribution in [0.1, 0.15) is 5.69 Å². The van der Waals surface area contributed by atoms with Crippen LogP contribution in [0.2, 0.25) is 10.0 Å². The summed E-state index contributed by atoms with van der Waals surface area (Å²) in [6.45, 7) is 0. The van der Waals surface area contributed by atoms with Gasteiger partial charge in [0.15, 0.2) is 0 Å². The first-order chi connectivity index (χ1) is 9.20. The van der Waals surface area contributed by atoms with Crippen LogP contribution in [0.15, 0.2) is 42.6 Å². The zero-order valence-electron chi connectivity index (χ0n) is 9.78. The van der Waals surface area contributed by atoms with Crippen LogP contribution in [0, 0.1) is 0 Å². The van der Waals surface area contributed by atoms with E-state index in [1.54, 1.807) is 12.1 Å². The Kier molecular flexibility index (Phi) is 3.40. The van der Waals surface area contributed by atoms with E-state index in [2.05, 4.69) is 4.98 Å². The fourth-order valence-corrected chi connectivity index (χ4v) is 2.82. The van der Waals surface area contributed by atoms with Crippen LogP contribution in [-0.2, 0) is 5.88 Å². The molecule has 3 rings (SSSR count). The molecule has 0 fully saturated rings. The van der Waals surface area contributed by atoms with Gasteiger partial charge in [-0.3, -0.25) is 0 Å². The molecule has 96 valence electrons. The number of pyridine rings is 1. The van der Waals surface area contributed by atoms with E-state index >= 15 is 0 Å². The van der Waals surface area contributed by atoms with Gasteiger partial charge in [-0.1, -0.05) is 29.3 Å². The minimum absolute atomic E-state index is 0.361. The zero-order valence-corrected chi connectivity index (χ0v) is 12.0. The molecule has 0 radical (unpaired) electrons. The zero-order chi connectivity index (χ0) is 13.4. The Balaban J connectivity index is 2.30. The smallest absolute Gasteiger partial charge is 0.137 e. The monoisotopic (exact) mass is 310 g/mol. The molecule has 3 aromatic rings. The summed E-state index contributed by atoms with van der Waals surface area (Å²) in [4.78, 5) is 4.60. The van der Waals surface area contributed by atoms with Crippen molar-refractivity contribution < 1.29 is 0 Å². The molecule has 0 saturated carbocycles. The Morgan fingerprint density at radius 1 is 1.11 bits per heavy atom. The summed E-state index contributed by atoms with van der Waals surface area (Å²) < 4.78 is 1.97. The van der Waals surface area contributed by atoms with E-state index in [0.29, 0.717) is 15.9 Å². The number of hydrogen-bond donors (Lipinski definition) is 0. The topological polar surface area (TPSA) is 17.3 Å². The lowest BCUT2D eigenvalue weighted by molar-refractivity contribution is 1.09. The van der Waals surface area contributed by atoms with Gasteiger partial charge in [0.1, 0.15) is 5.65 Å². The third-order valence-corrected chi connectivity index (χ3v) is 3.74. The van der Waals surface area contributed by atoms with Gasteiger partial charge in [0.05, 0.1) is 22.3 Å². The molecule has 2 nitrogen and oxygen atoms in total. The number of rotatable bonds is 2. The minimum Gasteiger partial charge on any atom is -0.302 e. The Bertz CT molecular complexity index is 750. The third kappa shape index (κ3) is 2.20. The van der Waals surface area contributed by atoms with Gasteiger partial charge in [-0.05, 0) is 30.3 Å². The molecule has 19 heavy (non-hydrogen) atoms. The summed E-state index contributed by atoms with van der Waals surface area (Å²) in [6, 6.07) is 11.2. The van der Waals surface area contributed by atoms with E-state index in [4.69, 9.17) is 34.8 Å². The molecular weight excluding hydrogens is 303 g/mol. The number of nitrogens with zero attached hydrogens (tertiary/aromatic N) is 2. The molecule has 0 spiro atoms. The highest BCUT2D eigenvalue weighted by molar-refractivity contribution is 6.36. The van der Waals surface area contributed by atoms with E-state index in [0.717, 1.165) is 22.6 Å². The highest BCUT2D eigenvalue weighted by Gasteiger charge is 2.15. The highest BCUT2D eigenvalue weighted by atomic mass is 35.5. The van der Waals surface area contributed by atoms with Crippen molar-refractivity contribution in [3.63, 3.8) is 0 Å². The summed E-state index contributed by atoms with van der Waals surface area (Å²) in [5.74, 6) is 0.361. The van der Waals surface area contributed by atoms with Crippen molar-refractivity contribution in [3.05, 3.63) is 58.3 Å². The van der Waals surface area contributed by atoms with Crippen molar-refractivity contribution in [1.82, 2.24) is 9.38 Å². The van der Waals surface area contributed by atoms with Crippen LogP contribution >= 0.6 is 34.8 Å². The Labute approximate surface area is 125 Å². The molecule has 0 aliphatic rings. The van der Waals surface area contributed by atoms with Gasteiger partial charge >= 0.3 is 0 Å². The Hall–Kier alpha value is -1.22. The maximum absolute atomic E-state index is 6.24. The molecule has 0 saturated heterocycles. The van der Waals surface area contributed by atoms with Crippen LogP contribution < -0.4 is 0 Å². The number of benzene rings is 1. The van der Waals surface area contributed by atoms with Gasteiger partial charge in [-0.2, -0.15) is 0 Å². The van der Waals surface area contributed by atoms with Crippen LogP contribution in [0.4, 0.5) is 0 Å². The number of alkyl halides is 1. The first kappa shape index (κ1) is 12.8. The first-order valence-electron chi connectivity index (χ1n) is 5.68. The van der Waals surface area contributed by atoms with Crippen molar-refractivity contribution in [3.8, 4) is 11.3 Å². The molecular formula is C14H9Cl3N2. The number of fused-ring (bicyclic) bond motifs is 1. The van der Waals surface area contributed by atoms with E-state index < -0.39 is 0 Å². The molecule has 1 aromatic carbocycles. The summed E-state index contributed by atoms with van der Waals surface area (Å²) in [5.41, 5.74) is 3.40. The molecule has 2 aromatic heterocycles. The number of aromatic nitrogens is 2. The quantitative estimate of drug-likeness (QED) is 0.606. The van der Waals surface area contributed by atoms with Crippen molar-refractivity contribution in [2.45, 2.75) is 5.88 Å². The molecule has 0 bridgehead atoms. The lowest BCUT2D eigenvalue weighted by atomic mass is 10.1. The average molecular weight is 312 g/mol. The van der Waals surface area contributed by atoms with Gasteiger partial charge in [0.2, 0.25) is 0 Å². The maximum atomic E-state index is 6.24. The maximum Gasteiger partial charge on any atom is 0.137 e. The molecule has 5 heteroatoms. The van der Waals surface area contributed by atoms with Crippen LogP contribution in [0.3, 0.4) is 0 Å². The van der Waals surface area contributed by atoms with Gasteiger partial charge in [-0.25, -0.2) is 4.98 Å². The SMILES string of the molecule is ClCc1c(-c2ccc(Cl)cc2Cl)nc2ccccn12. The lowest BCUT2D eigenvalue weighted by Crippen LogP contribution is -1.90. The molecule has 2 heterocycles. The Morgan fingerprint density at radius 3 is 2.68 bits per heavy atom. The molecule has 0 aliphatic carbocycles.